The van der Waals surface area contributed by atoms with Crippen LogP contribution < -0.4 is 68.5 Å². The zero-order valence-electron chi connectivity index (χ0n) is 16.6. The molecule has 0 saturated carbocycles. The minimum atomic E-state index is -5.68. The van der Waals surface area contributed by atoms with Crippen molar-refractivity contribution in [3.05, 3.63) is 0 Å². The van der Waals surface area contributed by atoms with E-state index in [2.05, 4.69) is 8.62 Å². The Morgan fingerprint density at radius 1 is 0.286 bits per heavy atom. The Morgan fingerprint density at radius 3 is 0.343 bits per heavy atom. The molecule has 0 atom stereocenters. The summed E-state index contributed by atoms with van der Waals surface area (Å²) in [6.07, 6.45) is 0. The summed E-state index contributed by atoms with van der Waals surface area (Å²) in [6, 6.07) is 0. The van der Waals surface area contributed by atoms with Crippen molar-refractivity contribution < 1.29 is 105 Å². The molecule has 176 valence electrons. The molecule has 0 aliphatic rings. The van der Waals surface area contributed by atoms with Gasteiger partial charge in [-0.2, -0.15) is 15.6 Å². The summed E-state index contributed by atoms with van der Waals surface area (Å²) < 4.78 is 59.4. The van der Waals surface area contributed by atoms with E-state index in [1.54, 1.807) is 0 Å². The van der Waals surface area contributed by atoms with Gasteiger partial charge in [0.1, 0.15) is 0 Å². The molecule has 0 aromatic heterocycles. The molecule has 0 bridgehead atoms. The van der Waals surface area contributed by atoms with Gasteiger partial charge in [0, 0.05) is 0 Å². The van der Waals surface area contributed by atoms with Crippen LogP contribution in [-0.4, -0.2) is 264 Å². The first-order valence-electron chi connectivity index (χ1n) is 4.38. The predicted molar refractivity (Wildman–Crippen MR) is 88.1 cm³/mol. The molecule has 0 fully saturated rings. The van der Waals surface area contributed by atoms with Gasteiger partial charge in [-0.05, 0) is 0 Å². The molecule has 22 nitrogen and oxygen atoms in total. The van der Waals surface area contributed by atoms with Crippen LogP contribution in [0.2, 0.25) is 0 Å². The number of hydrogen-bond donors (Lipinski definition) is 0. The van der Waals surface area contributed by atoms with E-state index >= 15 is 0 Å². The molecule has 0 amide bonds. The van der Waals surface area contributed by atoms with Gasteiger partial charge in [0.15, 0.2) is 0 Å². The molecule has 0 rings (SSSR count). The maximum atomic E-state index is 9.32. The van der Waals surface area contributed by atoms with Gasteiger partial charge in [-0.25, -0.2) is 0 Å². The second kappa shape index (κ2) is 34.9. The summed E-state index contributed by atoms with van der Waals surface area (Å²) in [6.45, 7) is 0. The van der Waals surface area contributed by atoms with E-state index in [4.69, 9.17) is 38.5 Å². The SMILES string of the molecule is O=P([O-])([O-])OP(=O)([O-])[O-].O=P([O-])([O-])OP(=O)([O-])[O-].O=P([O-])([O-])[O-].O=P([O-])([O-])[O-].[Ca+2].[Ca+2].[Ca+2].[Ca+2].[Ca+2].[Ca+2].[Ca+2]. The van der Waals surface area contributed by atoms with Crippen molar-refractivity contribution in [2.45, 2.75) is 0 Å². The Hall–Kier alpha value is 9.56. The number of phosphoric acid groups is 6. The second-order valence-corrected chi connectivity index (χ2v) is 9.52. The van der Waals surface area contributed by atoms with Gasteiger partial charge < -0.3 is 105 Å². The van der Waals surface area contributed by atoms with Crippen molar-refractivity contribution in [1.29, 1.82) is 0 Å². The predicted octanol–water partition coefficient (Wildman–Crippen LogP) is -15.0. The first-order chi connectivity index (χ1) is 11.4. The van der Waals surface area contributed by atoms with Gasteiger partial charge in [0.2, 0.25) is 0 Å². The van der Waals surface area contributed by atoms with Gasteiger partial charge >= 0.3 is 264 Å². The van der Waals surface area contributed by atoms with Gasteiger partial charge in [0.05, 0.1) is 31.3 Å². The molecule has 0 aliphatic heterocycles. The average Bonchev–Trinajstić information content (AvgIpc) is 1.95. The Bertz CT molecular complexity index is 594. The number of rotatable bonds is 4. The molecule has 0 radical (unpaired) electrons. The monoisotopic (exact) mass is 817 g/mol. The summed E-state index contributed by atoms with van der Waals surface area (Å²) in [5.41, 5.74) is 0. The fraction of sp³-hybridized carbons (Fsp3) is 0. The third kappa shape index (κ3) is 162. The van der Waals surface area contributed by atoms with Crippen LogP contribution in [0.15, 0.2) is 0 Å². The fourth-order valence-corrected chi connectivity index (χ4v) is 2.20. The fourth-order valence-electron chi connectivity index (χ4n) is 0.245. The standard InChI is InChI=1S/7Ca.2H4O7P2.2H3O4P/c;;;;;;;2*1-8(2,3)7-9(4,5)6;2*1-5(2,3)4/h;;;;;;;2*(H2,1,2,3)(H2,4,5,6);2*(H3,1,2,3,4)/q7*+2;;;;/p-14. The Kier molecular flexibility index (Phi) is 74.8. The van der Waals surface area contributed by atoms with Crippen LogP contribution in [0, 0.1) is 0 Å². The van der Waals surface area contributed by atoms with Crippen molar-refractivity contribution >= 4 is 311 Å². The van der Waals surface area contributed by atoms with Crippen LogP contribution in [0.4, 0.5) is 0 Å². The third-order valence-corrected chi connectivity index (χ3v) is 3.60. The molecule has 35 heavy (non-hydrogen) atoms. The van der Waals surface area contributed by atoms with Crippen molar-refractivity contribution in [2.24, 2.45) is 0 Å². The molecule has 0 spiro atoms. The quantitative estimate of drug-likeness (QED) is 0.188. The van der Waals surface area contributed by atoms with Crippen molar-refractivity contribution in [3.63, 3.8) is 0 Å². The summed E-state index contributed by atoms with van der Waals surface area (Å²) in [7, 11) is -33.5. The van der Waals surface area contributed by atoms with Crippen molar-refractivity contribution in [1.82, 2.24) is 0 Å². The van der Waals surface area contributed by atoms with E-state index in [1.165, 1.54) is 0 Å². The summed E-state index contributed by atoms with van der Waals surface area (Å²) in [4.78, 5) is 126. The molecule has 0 N–H and O–H groups in total. The smallest absolute Gasteiger partial charge is 0.822 e. The Morgan fingerprint density at radius 2 is 0.343 bits per heavy atom. The van der Waals surface area contributed by atoms with E-state index in [0.29, 0.717) is 0 Å². The minimum Gasteiger partial charge on any atom is -0.822 e. The molecule has 0 aromatic rings. The second-order valence-electron chi connectivity index (χ2n) is 2.85. The Balaban J connectivity index is -0.0000000235. The van der Waals surface area contributed by atoms with E-state index in [0.717, 1.165) is 0 Å². The number of hydrogen-bond acceptors (Lipinski definition) is 22. The molecule has 0 aromatic carbocycles. The van der Waals surface area contributed by atoms with Crippen molar-refractivity contribution in [2.75, 3.05) is 0 Å². The van der Waals surface area contributed by atoms with E-state index < -0.39 is 46.9 Å². The molecule has 0 unspecified atom stereocenters. The Labute approximate surface area is 405 Å². The van der Waals surface area contributed by atoms with Crippen LogP contribution >= 0.6 is 46.9 Å². The summed E-state index contributed by atoms with van der Waals surface area (Å²) >= 11 is 0. The average molecular weight is 818 g/mol. The zero-order chi connectivity index (χ0) is 24.4. The molecule has 0 aliphatic carbocycles. The molecular weight excluding hydrogens is 818 g/mol. The van der Waals surface area contributed by atoms with Gasteiger partial charge in [-0.15, -0.1) is 0 Å². The van der Waals surface area contributed by atoms with E-state index in [-0.39, 0.29) is 264 Å². The topological polar surface area (TPSA) is 444 Å². The summed E-state index contributed by atoms with van der Waals surface area (Å²) in [5, 5.41) is 0. The minimum absolute atomic E-state index is 0. The molecular formula is Ca7O22P6. The van der Waals surface area contributed by atoms with E-state index in [1.807, 2.05) is 0 Å². The first-order valence-corrected chi connectivity index (χ1v) is 13.1. The maximum Gasteiger partial charge on any atom is 2.00 e. The first kappa shape index (κ1) is 75.1. The summed E-state index contributed by atoms with van der Waals surface area (Å²) in [5.74, 6) is 0. The normalized spacial score (nSPS) is 10.5. The van der Waals surface area contributed by atoms with Gasteiger partial charge in [-0.1, -0.05) is 0 Å². The van der Waals surface area contributed by atoms with E-state index in [9.17, 15) is 57.4 Å². The van der Waals surface area contributed by atoms with Gasteiger partial charge in [-0.3, -0.25) is 0 Å². The largest absolute Gasteiger partial charge is 2.00 e. The van der Waals surface area contributed by atoms with Crippen LogP contribution in [0.3, 0.4) is 0 Å². The third-order valence-electron chi connectivity index (χ3n) is 0.400. The maximum absolute atomic E-state index is 9.32. The molecule has 35 heteroatoms. The van der Waals surface area contributed by atoms with Crippen LogP contribution in [0.5, 0.6) is 0 Å². The molecule has 0 heterocycles. The van der Waals surface area contributed by atoms with Gasteiger partial charge in [0.25, 0.3) is 0 Å². The van der Waals surface area contributed by atoms with Crippen molar-refractivity contribution in [3.8, 4) is 0 Å². The van der Waals surface area contributed by atoms with Crippen LogP contribution in [0.1, 0.15) is 0 Å². The molecule has 0 saturated heterocycles. The van der Waals surface area contributed by atoms with Crippen LogP contribution in [0.25, 0.3) is 0 Å². The zero-order valence-corrected chi connectivity index (χ0v) is 37.4. The van der Waals surface area contributed by atoms with Crippen LogP contribution in [-0.2, 0) is 36.0 Å².